The molecule has 0 aliphatic heterocycles. The van der Waals surface area contributed by atoms with Gasteiger partial charge in [-0.2, -0.15) is 0 Å². The lowest BCUT2D eigenvalue weighted by Gasteiger charge is -2.25. The number of fused-ring (bicyclic) bond motifs is 3. The van der Waals surface area contributed by atoms with E-state index in [2.05, 4.69) is 199 Å². The minimum atomic E-state index is 0.00965. The van der Waals surface area contributed by atoms with Gasteiger partial charge in [-0.25, -0.2) is 0 Å². The van der Waals surface area contributed by atoms with Gasteiger partial charge in [-0.1, -0.05) is 187 Å². The number of hydrogen-bond donors (Lipinski definition) is 0. The van der Waals surface area contributed by atoms with Crippen LogP contribution < -0.4 is 0 Å². The van der Waals surface area contributed by atoms with Gasteiger partial charge in [0, 0.05) is 0 Å². The molecule has 0 bridgehead atoms. The highest BCUT2D eigenvalue weighted by Gasteiger charge is 2.24. The van der Waals surface area contributed by atoms with Crippen LogP contribution in [0, 0.1) is 0 Å². The molecule has 8 aromatic carbocycles. The summed E-state index contributed by atoms with van der Waals surface area (Å²) in [5, 5.41) is 7.71. The third-order valence-corrected chi connectivity index (χ3v) is 10.4. The van der Waals surface area contributed by atoms with Crippen molar-refractivity contribution in [1.29, 1.82) is 0 Å². The Kier molecular flexibility index (Phi) is 7.72. The monoisotopic (exact) mass is 644 g/mol. The lowest BCUT2D eigenvalue weighted by Crippen LogP contribution is -2.11. The van der Waals surface area contributed by atoms with Crippen LogP contribution in [-0.4, -0.2) is 0 Å². The molecule has 0 aliphatic carbocycles. The zero-order chi connectivity index (χ0) is 34.6. The molecule has 0 nitrogen and oxygen atoms in total. The Morgan fingerprint density at radius 2 is 0.780 bits per heavy atom. The van der Waals surface area contributed by atoms with Crippen LogP contribution >= 0.6 is 0 Å². The molecule has 50 heavy (non-hydrogen) atoms. The fourth-order valence-corrected chi connectivity index (χ4v) is 7.63. The zero-order valence-electron chi connectivity index (χ0n) is 30.0. The van der Waals surface area contributed by atoms with Gasteiger partial charge in [-0.05, 0) is 111 Å². The Morgan fingerprint density at radius 3 is 1.44 bits per heavy atom. The van der Waals surface area contributed by atoms with Gasteiger partial charge in [0.1, 0.15) is 0 Å². The Morgan fingerprint density at radius 1 is 0.300 bits per heavy atom. The topological polar surface area (TPSA) is 0 Å². The van der Waals surface area contributed by atoms with E-state index in [1.165, 1.54) is 88.0 Å². The Hall–Kier alpha value is -5.46. The van der Waals surface area contributed by atoms with Gasteiger partial charge in [0.15, 0.2) is 0 Å². The molecule has 0 aliphatic rings. The van der Waals surface area contributed by atoms with Gasteiger partial charge in [-0.15, -0.1) is 0 Å². The standard InChI is InChI=1S/C50H44/c1-49(2,3)37-28-30-44-45(31-37)47(36-25-23-35(24-26-36)40-22-14-18-34-17-10-11-19-39(34)40)43-29-27-38(50(4,5)6)32-46(43)48(44)42-21-13-12-20-41(42)33-15-8-7-9-16-33/h7-32H,1-6H3. The lowest BCUT2D eigenvalue weighted by molar-refractivity contribution is 0.590. The van der Waals surface area contributed by atoms with E-state index < -0.39 is 0 Å². The van der Waals surface area contributed by atoms with Crippen LogP contribution in [0.25, 0.3) is 76.8 Å². The van der Waals surface area contributed by atoms with E-state index in [1.807, 2.05) is 0 Å². The van der Waals surface area contributed by atoms with Crippen LogP contribution in [0.5, 0.6) is 0 Å². The molecule has 0 saturated carbocycles. The van der Waals surface area contributed by atoms with Gasteiger partial charge in [0.05, 0.1) is 0 Å². The SMILES string of the molecule is CC(C)(C)c1ccc2c(-c3ccccc3-c3ccccc3)c3cc(C(C)(C)C)ccc3c(-c3ccc(-c4cccc5ccccc45)cc3)c2c1. The van der Waals surface area contributed by atoms with Crippen molar-refractivity contribution >= 4 is 32.3 Å². The average Bonchev–Trinajstić information content (AvgIpc) is 3.13. The maximum absolute atomic E-state index is 2.47. The van der Waals surface area contributed by atoms with E-state index in [0.29, 0.717) is 0 Å². The van der Waals surface area contributed by atoms with Crippen molar-refractivity contribution in [3.63, 3.8) is 0 Å². The normalized spacial score (nSPS) is 12.2. The van der Waals surface area contributed by atoms with Crippen LogP contribution in [0.1, 0.15) is 52.7 Å². The highest BCUT2D eigenvalue weighted by atomic mass is 14.3. The second kappa shape index (κ2) is 12.1. The second-order valence-corrected chi connectivity index (χ2v) is 15.8. The van der Waals surface area contributed by atoms with E-state index in [0.717, 1.165) is 0 Å². The van der Waals surface area contributed by atoms with Crippen molar-refractivity contribution in [3.05, 3.63) is 169 Å². The zero-order valence-corrected chi connectivity index (χ0v) is 30.0. The van der Waals surface area contributed by atoms with E-state index in [1.54, 1.807) is 0 Å². The fourth-order valence-electron chi connectivity index (χ4n) is 7.63. The number of rotatable bonds is 4. The molecule has 8 rings (SSSR count). The summed E-state index contributed by atoms with van der Waals surface area (Å²) < 4.78 is 0. The number of benzene rings is 8. The van der Waals surface area contributed by atoms with Crippen LogP contribution in [-0.2, 0) is 10.8 Å². The van der Waals surface area contributed by atoms with Gasteiger partial charge >= 0.3 is 0 Å². The van der Waals surface area contributed by atoms with E-state index in [-0.39, 0.29) is 10.8 Å². The molecular formula is C50H44. The van der Waals surface area contributed by atoms with E-state index in [4.69, 9.17) is 0 Å². The molecule has 0 amide bonds. The van der Waals surface area contributed by atoms with Gasteiger partial charge in [-0.3, -0.25) is 0 Å². The van der Waals surface area contributed by atoms with E-state index in [9.17, 15) is 0 Å². The summed E-state index contributed by atoms with van der Waals surface area (Å²) in [6, 6.07) is 58.8. The summed E-state index contributed by atoms with van der Waals surface area (Å²) in [5.74, 6) is 0. The van der Waals surface area contributed by atoms with Gasteiger partial charge < -0.3 is 0 Å². The van der Waals surface area contributed by atoms with Crippen LogP contribution in [0.3, 0.4) is 0 Å². The summed E-state index contributed by atoms with van der Waals surface area (Å²) in [7, 11) is 0. The first-order valence-corrected chi connectivity index (χ1v) is 17.9. The predicted octanol–water partition coefficient (Wildman–Crippen LogP) is 14.4. The summed E-state index contributed by atoms with van der Waals surface area (Å²) in [4.78, 5) is 0. The minimum absolute atomic E-state index is 0.00965. The van der Waals surface area contributed by atoms with Crippen LogP contribution in [0.4, 0.5) is 0 Å². The first-order chi connectivity index (χ1) is 24.1. The maximum atomic E-state index is 2.47. The van der Waals surface area contributed by atoms with Crippen LogP contribution in [0.15, 0.2) is 158 Å². The molecule has 0 atom stereocenters. The molecule has 0 heterocycles. The molecule has 0 spiro atoms. The van der Waals surface area contributed by atoms with Crippen molar-refractivity contribution < 1.29 is 0 Å². The average molecular weight is 645 g/mol. The first kappa shape index (κ1) is 31.8. The quantitative estimate of drug-likeness (QED) is 0.167. The van der Waals surface area contributed by atoms with Crippen molar-refractivity contribution in [1.82, 2.24) is 0 Å². The molecule has 0 unspecified atom stereocenters. The first-order valence-electron chi connectivity index (χ1n) is 17.9. The summed E-state index contributed by atoms with van der Waals surface area (Å²) in [5.41, 5.74) is 12.8. The largest absolute Gasteiger partial charge is 0.0622 e. The Balaban J connectivity index is 1.46. The summed E-state index contributed by atoms with van der Waals surface area (Å²) >= 11 is 0. The molecule has 8 aromatic rings. The van der Waals surface area contributed by atoms with E-state index >= 15 is 0 Å². The van der Waals surface area contributed by atoms with Crippen molar-refractivity contribution in [2.75, 3.05) is 0 Å². The molecule has 0 N–H and O–H groups in total. The summed E-state index contributed by atoms with van der Waals surface area (Å²) in [6.45, 7) is 13.9. The third-order valence-electron chi connectivity index (χ3n) is 10.4. The predicted molar refractivity (Wildman–Crippen MR) is 218 cm³/mol. The maximum Gasteiger partial charge on any atom is -0.00200 e. The van der Waals surface area contributed by atoms with Crippen LogP contribution in [0.2, 0.25) is 0 Å². The van der Waals surface area contributed by atoms with Crippen molar-refractivity contribution in [2.45, 2.75) is 52.4 Å². The Labute approximate surface area is 297 Å². The molecular weight excluding hydrogens is 601 g/mol. The molecule has 0 fully saturated rings. The third kappa shape index (κ3) is 5.60. The molecule has 244 valence electrons. The van der Waals surface area contributed by atoms with Crippen molar-refractivity contribution in [3.8, 4) is 44.5 Å². The molecule has 0 saturated heterocycles. The highest BCUT2D eigenvalue weighted by molar-refractivity contribution is 6.22. The molecule has 0 aromatic heterocycles. The lowest BCUT2D eigenvalue weighted by atomic mass is 9.78. The molecule has 0 radical (unpaired) electrons. The van der Waals surface area contributed by atoms with Crippen molar-refractivity contribution in [2.24, 2.45) is 0 Å². The van der Waals surface area contributed by atoms with Gasteiger partial charge in [0.25, 0.3) is 0 Å². The summed E-state index contributed by atoms with van der Waals surface area (Å²) in [6.07, 6.45) is 0. The number of hydrogen-bond acceptors (Lipinski definition) is 0. The van der Waals surface area contributed by atoms with Gasteiger partial charge in [0.2, 0.25) is 0 Å². The minimum Gasteiger partial charge on any atom is -0.0622 e. The molecule has 0 heteroatoms. The smallest absolute Gasteiger partial charge is 0.00200 e. The second-order valence-electron chi connectivity index (χ2n) is 15.8. The Bertz CT molecular complexity index is 2510. The fraction of sp³-hybridized carbons (Fsp3) is 0.160. The highest BCUT2D eigenvalue weighted by Crippen LogP contribution is 2.48.